The molecule has 0 bridgehead atoms. The van der Waals surface area contributed by atoms with Crippen LogP contribution in [0.25, 0.3) is 0 Å². The average molecular weight is 621 g/mol. The van der Waals surface area contributed by atoms with E-state index >= 15 is 0 Å². The summed E-state index contributed by atoms with van der Waals surface area (Å²) in [6.07, 6.45) is 11.8. The van der Waals surface area contributed by atoms with Gasteiger partial charge >= 0.3 is 0 Å². The topological polar surface area (TPSA) is 43.4 Å². The second-order valence-corrected chi connectivity index (χ2v) is 21.9. The number of fused-ring (bicyclic) bond motifs is 2. The van der Waals surface area contributed by atoms with Crippen molar-refractivity contribution in [2.24, 2.45) is 35.0 Å². The first kappa shape index (κ1) is 27.6. The molecule has 34 heavy (non-hydrogen) atoms. The molecule has 0 radical (unpaired) electrons. The monoisotopic (exact) mass is 620 g/mol. The molecule has 0 aromatic carbocycles. The molecule has 8 atom stereocenters. The molecule has 4 aliphatic rings. The van der Waals surface area contributed by atoms with Gasteiger partial charge in [-0.3, -0.25) is 0 Å². The molecule has 0 aromatic heterocycles. The zero-order valence-electron chi connectivity index (χ0n) is 22.7. The smallest absolute Gasteiger partial charge is 0.192 e. The lowest BCUT2D eigenvalue weighted by Crippen LogP contribution is -2.46. The summed E-state index contributed by atoms with van der Waals surface area (Å²) in [5.74, 6) is 3.07. The van der Waals surface area contributed by atoms with Gasteiger partial charge in [-0.2, -0.15) is 0 Å². The van der Waals surface area contributed by atoms with E-state index in [0.717, 1.165) is 31.1 Å². The average Bonchev–Trinajstić information content (AvgIpc) is 3.20. The molecule has 0 amide bonds. The van der Waals surface area contributed by atoms with Crippen LogP contribution in [-0.4, -0.2) is 38.3 Å². The Bertz CT molecular complexity index is 892. The highest BCUT2D eigenvalue weighted by molar-refractivity contribution is 14.1. The van der Waals surface area contributed by atoms with Gasteiger partial charge in [0.05, 0.1) is 11.0 Å². The highest BCUT2D eigenvalue weighted by Crippen LogP contribution is 2.60. The quantitative estimate of drug-likeness (QED) is 0.136. The second-order valence-electron chi connectivity index (χ2n) is 14.0. The fraction of sp³-hybridized carbons (Fsp3) is 0.929. The van der Waals surface area contributed by atoms with Gasteiger partial charge in [-0.15, -0.1) is 0 Å². The fourth-order valence-electron chi connectivity index (χ4n) is 8.02. The first-order valence-corrected chi connectivity index (χ1v) is 20.0. The largest absolute Gasteiger partial charge is 0.414 e. The molecule has 4 rings (SSSR count). The maximum atomic E-state index is 13.2. The van der Waals surface area contributed by atoms with Gasteiger partial charge in [0.1, 0.15) is 0 Å². The highest BCUT2D eigenvalue weighted by atomic mass is 127. The predicted molar refractivity (Wildman–Crippen MR) is 155 cm³/mol. The Hall–Kier alpha value is 0.597. The third-order valence-corrected chi connectivity index (χ3v) is 19.2. The van der Waals surface area contributed by atoms with Gasteiger partial charge in [0, 0.05) is 10.5 Å². The van der Waals surface area contributed by atoms with Gasteiger partial charge in [-0.25, -0.2) is 8.42 Å². The number of hydrogen-bond donors (Lipinski definition) is 0. The Morgan fingerprint density at radius 3 is 2.56 bits per heavy atom. The van der Waals surface area contributed by atoms with Crippen molar-refractivity contribution in [2.45, 2.75) is 115 Å². The van der Waals surface area contributed by atoms with Crippen molar-refractivity contribution in [3.63, 3.8) is 0 Å². The van der Waals surface area contributed by atoms with Crippen molar-refractivity contribution in [3.05, 3.63) is 11.6 Å². The second kappa shape index (κ2) is 9.72. The van der Waals surface area contributed by atoms with Crippen LogP contribution < -0.4 is 0 Å². The number of sulfone groups is 1. The summed E-state index contributed by atoms with van der Waals surface area (Å²) in [4.78, 5) is 0. The van der Waals surface area contributed by atoms with Crippen LogP contribution in [0.2, 0.25) is 18.1 Å². The first-order chi connectivity index (χ1) is 15.7. The van der Waals surface area contributed by atoms with Gasteiger partial charge in [0.25, 0.3) is 0 Å². The minimum absolute atomic E-state index is 0.140. The molecular weight excluding hydrogens is 571 g/mol. The van der Waals surface area contributed by atoms with Crippen molar-refractivity contribution in [2.75, 3.05) is 10.2 Å². The number of allylic oxidation sites excluding steroid dienone is 2. The zero-order chi connectivity index (χ0) is 25.1. The number of rotatable bonds is 5. The van der Waals surface area contributed by atoms with Crippen molar-refractivity contribution >= 4 is 40.7 Å². The number of hydrogen-bond acceptors (Lipinski definition) is 3. The molecule has 4 fully saturated rings. The molecule has 0 N–H and O–H groups in total. The van der Waals surface area contributed by atoms with Gasteiger partial charge in [0.15, 0.2) is 18.2 Å². The number of alkyl halides is 1. The Morgan fingerprint density at radius 1 is 1.21 bits per heavy atom. The predicted octanol–water partition coefficient (Wildman–Crippen LogP) is 7.80. The Balaban J connectivity index is 1.56. The van der Waals surface area contributed by atoms with E-state index in [4.69, 9.17) is 4.43 Å². The van der Waals surface area contributed by atoms with Crippen LogP contribution in [0.5, 0.6) is 0 Å². The van der Waals surface area contributed by atoms with E-state index in [0.29, 0.717) is 17.1 Å². The van der Waals surface area contributed by atoms with E-state index in [2.05, 4.69) is 76.4 Å². The lowest BCUT2D eigenvalue weighted by molar-refractivity contribution is 0.0998. The molecule has 3 aliphatic carbocycles. The molecule has 1 heterocycles. The Labute approximate surface area is 224 Å². The summed E-state index contributed by atoms with van der Waals surface area (Å²) in [5, 5.41) is 0.0483. The Kier molecular flexibility index (Phi) is 7.90. The zero-order valence-corrected chi connectivity index (χ0v) is 26.7. The highest BCUT2D eigenvalue weighted by Gasteiger charge is 2.53. The molecule has 3 nitrogen and oxygen atoms in total. The summed E-state index contributed by atoms with van der Waals surface area (Å²) in [6.45, 7) is 16.6. The lowest BCUT2D eigenvalue weighted by atomic mass is 9.61. The SMILES string of the molecule is C[C@H](CI)[C@H]1CC[C@@H]2/C(=C/[C@@H]3CS(=O)(=O)[C@@H]4CC[C@H](O[Si](C)(C)C(C)(C)C)C[C@@H]34)CCC[C@@]21C. The first-order valence-electron chi connectivity index (χ1n) is 13.9. The van der Waals surface area contributed by atoms with Crippen molar-refractivity contribution in [1.29, 1.82) is 0 Å². The van der Waals surface area contributed by atoms with Crippen LogP contribution in [0.1, 0.15) is 86.0 Å². The maximum absolute atomic E-state index is 13.2. The van der Waals surface area contributed by atoms with Crippen LogP contribution in [0, 0.1) is 35.0 Å². The molecule has 0 aromatic rings. The number of halogens is 1. The molecule has 3 saturated carbocycles. The van der Waals surface area contributed by atoms with E-state index in [1.165, 1.54) is 36.5 Å². The van der Waals surface area contributed by atoms with E-state index in [-0.39, 0.29) is 28.2 Å². The van der Waals surface area contributed by atoms with Crippen LogP contribution in [-0.2, 0) is 14.3 Å². The summed E-state index contributed by atoms with van der Waals surface area (Å²) in [7, 11) is -4.85. The Morgan fingerprint density at radius 2 is 1.91 bits per heavy atom. The molecular formula is C28H49IO3SSi. The van der Waals surface area contributed by atoms with Gasteiger partial charge in [0.2, 0.25) is 0 Å². The van der Waals surface area contributed by atoms with Crippen molar-refractivity contribution in [3.8, 4) is 0 Å². The van der Waals surface area contributed by atoms with Gasteiger partial charge in [-0.1, -0.05) is 68.9 Å². The summed E-state index contributed by atoms with van der Waals surface area (Å²) >= 11 is 2.57. The van der Waals surface area contributed by atoms with Crippen LogP contribution in [0.3, 0.4) is 0 Å². The van der Waals surface area contributed by atoms with Gasteiger partial charge in [-0.05, 0) is 105 Å². The molecule has 1 saturated heterocycles. The molecule has 6 heteroatoms. The van der Waals surface area contributed by atoms with E-state index in [1.54, 1.807) is 5.57 Å². The molecule has 1 aliphatic heterocycles. The summed E-state index contributed by atoms with van der Waals surface area (Å²) < 4.78 is 34.5. The fourth-order valence-corrected chi connectivity index (χ4v) is 12.5. The van der Waals surface area contributed by atoms with Crippen LogP contribution in [0.4, 0.5) is 0 Å². The normalized spacial score (nSPS) is 42.4. The van der Waals surface area contributed by atoms with Crippen molar-refractivity contribution < 1.29 is 12.8 Å². The van der Waals surface area contributed by atoms with E-state index < -0.39 is 18.2 Å². The minimum atomic E-state index is -3.00. The third-order valence-electron chi connectivity index (χ3n) is 10.9. The summed E-state index contributed by atoms with van der Waals surface area (Å²) in [6, 6.07) is 0. The maximum Gasteiger partial charge on any atom is 0.192 e. The molecule has 0 unspecified atom stereocenters. The molecule has 0 spiro atoms. The summed E-state index contributed by atoms with van der Waals surface area (Å²) in [5.41, 5.74) is 2.02. The van der Waals surface area contributed by atoms with Crippen LogP contribution in [0.15, 0.2) is 11.6 Å². The molecule has 196 valence electrons. The standard InChI is InChI=1S/C28H49IO3SSi/c1-19(17-29)24-11-12-25-20(9-8-14-28(24,25)5)15-21-18-33(30,31)26-13-10-22(16-23(21)26)32-34(6,7)27(2,3)4/h15,19,21-26H,8-14,16-18H2,1-7H3/b20-15+/t19-,21-,22+,23+,24-,25-,26-,28-/m1/s1. The van der Waals surface area contributed by atoms with E-state index in [9.17, 15) is 8.42 Å². The van der Waals surface area contributed by atoms with Gasteiger partial charge < -0.3 is 4.43 Å². The minimum Gasteiger partial charge on any atom is -0.414 e. The van der Waals surface area contributed by atoms with Crippen LogP contribution >= 0.6 is 22.6 Å². The van der Waals surface area contributed by atoms with Crippen molar-refractivity contribution in [1.82, 2.24) is 0 Å². The third kappa shape index (κ3) is 5.01. The van der Waals surface area contributed by atoms with E-state index in [1.807, 2.05) is 0 Å². The lowest BCUT2D eigenvalue weighted by Gasteiger charge is -2.45.